The zero-order valence-electron chi connectivity index (χ0n) is 20.3. The Morgan fingerprint density at radius 3 is 2.47 bits per heavy atom. The fourth-order valence-electron chi connectivity index (χ4n) is 3.85. The van der Waals surface area contributed by atoms with Crippen molar-refractivity contribution < 1.29 is 23.2 Å². The van der Waals surface area contributed by atoms with E-state index in [1.165, 1.54) is 29.2 Å². The summed E-state index contributed by atoms with van der Waals surface area (Å²) in [5.41, 5.74) is 1.67. The van der Waals surface area contributed by atoms with Crippen LogP contribution in [0.4, 0.5) is 4.39 Å². The number of morpholine rings is 1. The zero-order valence-corrected chi connectivity index (χ0v) is 20.3. The first-order valence-corrected chi connectivity index (χ1v) is 12.0. The summed E-state index contributed by atoms with van der Waals surface area (Å²) in [6, 6.07) is 12.4. The van der Waals surface area contributed by atoms with Gasteiger partial charge >= 0.3 is 0 Å². The van der Waals surface area contributed by atoms with Crippen LogP contribution in [-0.2, 0) is 11.2 Å². The van der Waals surface area contributed by atoms with Crippen molar-refractivity contribution in [3.8, 4) is 11.5 Å². The molecule has 0 radical (unpaired) electrons. The van der Waals surface area contributed by atoms with E-state index in [-0.39, 0.29) is 17.6 Å². The summed E-state index contributed by atoms with van der Waals surface area (Å²) in [6.07, 6.45) is 1.29. The second-order valence-electron chi connectivity index (χ2n) is 8.64. The molecule has 1 aromatic heterocycles. The Hall–Kier alpha value is -3.63. The van der Waals surface area contributed by atoms with Gasteiger partial charge in [0.1, 0.15) is 5.82 Å². The maximum Gasteiger partial charge on any atom is 0.257 e. The van der Waals surface area contributed by atoms with Crippen molar-refractivity contribution in [2.24, 2.45) is 0 Å². The first kappa shape index (κ1) is 25.5. The molecule has 1 fully saturated rings. The molecule has 2 heterocycles. The zero-order chi connectivity index (χ0) is 25.3. The highest BCUT2D eigenvalue weighted by molar-refractivity contribution is 5.94. The predicted octanol–water partition coefficient (Wildman–Crippen LogP) is 2.64. The van der Waals surface area contributed by atoms with Crippen molar-refractivity contribution in [2.75, 3.05) is 53.0 Å². The van der Waals surface area contributed by atoms with Gasteiger partial charge in [-0.3, -0.25) is 14.5 Å². The fraction of sp³-hybridized carbons (Fsp3) is 0.385. The number of hydrogen-bond acceptors (Lipinski definition) is 7. The number of hydrogen-bond donors (Lipinski definition) is 1. The molecule has 36 heavy (non-hydrogen) atoms. The molecule has 1 N–H and O–H groups in total. The Morgan fingerprint density at radius 2 is 1.75 bits per heavy atom. The van der Waals surface area contributed by atoms with Crippen LogP contribution in [0.25, 0.3) is 11.5 Å². The summed E-state index contributed by atoms with van der Waals surface area (Å²) in [4.78, 5) is 33.1. The number of amides is 2. The predicted molar refractivity (Wildman–Crippen MR) is 131 cm³/mol. The highest BCUT2D eigenvalue weighted by Gasteiger charge is 2.15. The van der Waals surface area contributed by atoms with Crippen LogP contribution in [-0.4, -0.2) is 84.7 Å². The van der Waals surface area contributed by atoms with Gasteiger partial charge in [0.25, 0.3) is 17.7 Å². The van der Waals surface area contributed by atoms with Crippen LogP contribution >= 0.6 is 0 Å². The minimum Gasteiger partial charge on any atom is -0.379 e. The van der Waals surface area contributed by atoms with E-state index in [1.807, 2.05) is 0 Å². The Bertz CT molecular complexity index is 1140. The summed E-state index contributed by atoms with van der Waals surface area (Å²) < 4.78 is 23.8. The number of ether oxygens (including phenoxy) is 1. The van der Waals surface area contributed by atoms with E-state index in [9.17, 15) is 14.0 Å². The Labute approximate surface area is 209 Å². The van der Waals surface area contributed by atoms with Gasteiger partial charge in [0.05, 0.1) is 13.2 Å². The molecule has 0 bridgehead atoms. The number of halogens is 1. The number of carbonyl (C=O) groups is 2. The monoisotopic (exact) mass is 495 g/mol. The van der Waals surface area contributed by atoms with Crippen molar-refractivity contribution in [1.82, 2.24) is 25.3 Å². The quantitative estimate of drug-likeness (QED) is 0.432. The minimum atomic E-state index is -0.387. The summed E-state index contributed by atoms with van der Waals surface area (Å²) in [7, 11) is 1.67. The number of carbonyl (C=O) groups excluding carboxylic acids is 2. The van der Waals surface area contributed by atoms with E-state index in [0.29, 0.717) is 47.9 Å². The number of nitrogens with one attached hydrogen (secondary N) is 1. The summed E-state index contributed by atoms with van der Waals surface area (Å²) in [5, 5.41) is 6.94. The van der Waals surface area contributed by atoms with Crippen molar-refractivity contribution in [2.45, 2.75) is 12.8 Å². The van der Waals surface area contributed by atoms with Gasteiger partial charge in [-0.2, -0.15) is 4.98 Å². The standard InChI is InChI=1S/C26H30FN5O4/c1-31(26(34)21-7-9-22(27)10-8-21)14-11-23-29-25(36-30-23)20-5-3-19(4-6-20)24(33)28-12-2-13-32-15-17-35-18-16-32/h3-10H,2,11-18H2,1H3,(H,28,33). The Kier molecular flexibility index (Phi) is 8.75. The van der Waals surface area contributed by atoms with Crippen molar-refractivity contribution in [1.29, 1.82) is 0 Å². The molecule has 9 nitrogen and oxygen atoms in total. The fourth-order valence-corrected chi connectivity index (χ4v) is 3.85. The van der Waals surface area contributed by atoms with Crippen LogP contribution in [0.2, 0.25) is 0 Å². The molecule has 0 atom stereocenters. The number of likely N-dealkylation sites (N-methyl/N-ethyl adjacent to an activating group) is 1. The topological polar surface area (TPSA) is 101 Å². The van der Waals surface area contributed by atoms with E-state index < -0.39 is 0 Å². The van der Waals surface area contributed by atoms with Crippen LogP contribution in [0, 0.1) is 5.82 Å². The van der Waals surface area contributed by atoms with Crippen molar-refractivity contribution >= 4 is 11.8 Å². The maximum atomic E-state index is 13.1. The molecule has 0 saturated carbocycles. The lowest BCUT2D eigenvalue weighted by Crippen LogP contribution is -2.38. The maximum absolute atomic E-state index is 13.1. The summed E-state index contributed by atoms with van der Waals surface area (Å²) in [6.45, 7) is 5.36. The molecule has 4 rings (SSSR count). The molecule has 1 aliphatic rings. The van der Waals surface area contributed by atoms with E-state index in [0.717, 1.165) is 39.3 Å². The van der Waals surface area contributed by atoms with Gasteiger partial charge in [0.15, 0.2) is 5.82 Å². The van der Waals surface area contributed by atoms with E-state index >= 15 is 0 Å². The van der Waals surface area contributed by atoms with Crippen LogP contribution < -0.4 is 5.32 Å². The van der Waals surface area contributed by atoms with Crippen molar-refractivity contribution in [3.63, 3.8) is 0 Å². The molecule has 0 aliphatic carbocycles. The van der Waals surface area contributed by atoms with E-state index in [1.54, 1.807) is 31.3 Å². The SMILES string of the molecule is CN(CCc1noc(-c2ccc(C(=O)NCCCN3CCOCC3)cc2)n1)C(=O)c1ccc(F)cc1. The van der Waals surface area contributed by atoms with Gasteiger partial charge in [0, 0.05) is 56.3 Å². The normalized spacial score (nSPS) is 13.9. The second kappa shape index (κ2) is 12.4. The molecule has 1 saturated heterocycles. The van der Waals surface area contributed by atoms with Gasteiger partial charge < -0.3 is 19.5 Å². The largest absolute Gasteiger partial charge is 0.379 e. The molecule has 10 heteroatoms. The van der Waals surface area contributed by atoms with Crippen LogP contribution in [0.5, 0.6) is 0 Å². The Morgan fingerprint density at radius 1 is 1.06 bits per heavy atom. The molecular weight excluding hydrogens is 465 g/mol. The van der Waals surface area contributed by atoms with Crippen LogP contribution in [0.3, 0.4) is 0 Å². The second-order valence-corrected chi connectivity index (χ2v) is 8.64. The van der Waals surface area contributed by atoms with E-state index in [2.05, 4.69) is 20.4 Å². The number of aromatic nitrogens is 2. The highest BCUT2D eigenvalue weighted by atomic mass is 19.1. The molecule has 3 aromatic rings. The average Bonchev–Trinajstić information content (AvgIpc) is 3.39. The molecular formula is C26H30FN5O4. The summed E-state index contributed by atoms with van der Waals surface area (Å²) in [5.74, 6) is 0.0831. The molecule has 2 amide bonds. The molecule has 2 aromatic carbocycles. The van der Waals surface area contributed by atoms with Crippen molar-refractivity contribution in [3.05, 3.63) is 71.3 Å². The number of rotatable bonds is 10. The third-order valence-electron chi connectivity index (χ3n) is 6.01. The number of nitrogens with zero attached hydrogens (tertiary/aromatic N) is 4. The lowest BCUT2D eigenvalue weighted by Gasteiger charge is -2.26. The molecule has 190 valence electrons. The first-order chi connectivity index (χ1) is 17.5. The number of benzene rings is 2. The smallest absolute Gasteiger partial charge is 0.257 e. The van der Waals surface area contributed by atoms with Gasteiger partial charge in [-0.1, -0.05) is 5.16 Å². The molecule has 0 unspecified atom stereocenters. The van der Waals surface area contributed by atoms with Gasteiger partial charge in [-0.05, 0) is 61.5 Å². The third kappa shape index (κ3) is 6.96. The van der Waals surface area contributed by atoms with Crippen LogP contribution in [0.15, 0.2) is 53.1 Å². The lowest BCUT2D eigenvalue weighted by atomic mass is 10.1. The van der Waals surface area contributed by atoms with Crippen LogP contribution in [0.1, 0.15) is 33.0 Å². The Balaban J connectivity index is 1.23. The highest BCUT2D eigenvalue weighted by Crippen LogP contribution is 2.18. The van der Waals surface area contributed by atoms with Gasteiger partial charge in [0.2, 0.25) is 0 Å². The molecule has 0 spiro atoms. The molecule has 1 aliphatic heterocycles. The summed E-state index contributed by atoms with van der Waals surface area (Å²) >= 11 is 0. The minimum absolute atomic E-state index is 0.122. The van der Waals surface area contributed by atoms with E-state index in [4.69, 9.17) is 9.26 Å². The average molecular weight is 496 g/mol. The first-order valence-electron chi connectivity index (χ1n) is 12.0. The van der Waals surface area contributed by atoms with Gasteiger partial charge in [-0.25, -0.2) is 4.39 Å². The lowest BCUT2D eigenvalue weighted by molar-refractivity contribution is 0.0374. The third-order valence-corrected chi connectivity index (χ3v) is 6.01. The van der Waals surface area contributed by atoms with Gasteiger partial charge in [-0.15, -0.1) is 0 Å².